The van der Waals surface area contributed by atoms with Crippen LogP contribution in [0.1, 0.15) is 0 Å². The molecule has 48 heavy (non-hydrogen) atoms. The molecule has 0 saturated heterocycles. The van der Waals surface area contributed by atoms with Gasteiger partial charge in [-0.05, 0) is 0 Å². The van der Waals surface area contributed by atoms with Crippen molar-refractivity contribution in [3.63, 3.8) is 0 Å². The molecule has 3 aromatic heterocycles. The topological polar surface area (TPSA) is 118 Å². The molecule has 0 atom stereocenters. The van der Waals surface area contributed by atoms with Crippen molar-refractivity contribution >= 4 is 44.1 Å². The third kappa shape index (κ3) is 4.84. The Hall–Kier alpha value is -6.05. The first kappa shape index (κ1) is 28.2. The minimum absolute atomic E-state index is 0.597. The van der Waals surface area contributed by atoms with Gasteiger partial charge in [-0.15, -0.1) is 0 Å². The van der Waals surface area contributed by atoms with Crippen molar-refractivity contribution in [1.29, 1.82) is 0 Å². The zero-order valence-electron chi connectivity index (χ0n) is 25.0. The van der Waals surface area contributed by atoms with Crippen LogP contribution in [-0.4, -0.2) is 39.9 Å². The Kier molecular flexibility index (Phi) is 6.83. The summed E-state index contributed by atoms with van der Waals surface area (Å²) in [6.07, 6.45) is 0. The fourth-order valence-electron chi connectivity index (χ4n) is 6.05. The number of rotatable bonds is 1. The van der Waals surface area contributed by atoms with E-state index in [1.54, 1.807) is 0 Å². The van der Waals surface area contributed by atoms with Crippen LogP contribution in [0.4, 0.5) is 0 Å². The zero-order valence-corrected chi connectivity index (χ0v) is 27.3. The van der Waals surface area contributed by atoms with Crippen LogP contribution >= 0.6 is 0 Å². The second-order valence-corrected chi connectivity index (χ2v) is 11.6. The van der Waals surface area contributed by atoms with Crippen molar-refractivity contribution in [3.8, 4) is 51.3 Å². The van der Waals surface area contributed by atoms with E-state index in [2.05, 4.69) is 9.97 Å². The van der Waals surface area contributed by atoms with E-state index in [4.69, 9.17) is 33.3 Å². The van der Waals surface area contributed by atoms with Crippen molar-refractivity contribution in [1.82, 2.24) is 39.9 Å². The van der Waals surface area contributed by atoms with E-state index in [1.807, 2.05) is 148 Å². The zero-order chi connectivity index (χ0) is 32.0. The van der Waals surface area contributed by atoms with E-state index < -0.39 is 0 Å². The first-order valence-electron chi connectivity index (χ1n) is 15.2. The van der Waals surface area contributed by atoms with Crippen LogP contribution in [0.25, 0.3) is 89.7 Å². The van der Waals surface area contributed by atoms with Gasteiger partial charge >= 0.3 is 59.7 Å². The standard InChI is InChI=1S/C32H18N8.C6H6O.Pt/c1-2-10-18-17(9-1)25-33-26(18)38-28-21-13-5-6-14-22(21)30(35-28)40-32-24-16-8-7-15-23(24)31(36-32)39-29-20-12-4-3-11-19(20)27(34-29)37-25;7-6-4-2-1-3-5-6;/h1-16H,(H2,33,34,35,36,37,38,39,40);1-5,7H;/q;;+1/p-1. The first-order valence-corrected chi connectivity index (χ1v) is 16.2. The summed E-state index contributed by atoms with van der Waals surface area (Å²) in [5, 5.41) is 3.82. The number of nitrogens with one attached hydrogen (secondary N) is 2. The van der Waals surface area contributed by atoms with Crippen LogP contribution in [0.5, 0.6) is 5.75 Å². The van der Waals surface area contributed by atoms with Gasteiger partial charge in [0.05, 0.1) is 0 Å². The molecule has 0 amide bonds. The Labute approximate surface area is 285 Å². The van der Waals surface area contributed by atoms with Crippen molar-refractivity contribution < 1.29 is 23.6 Å². The minimum atomic E-state index is 0.597. The molecule has 8 bridgehead atoms. The Morgan fingerprint density at radius 1 is 0.354 bits per heavy atom. The van der Waals surface area contributed by atoms with Crippen LogP contribution in [-0.2, 0) is 20.2 Å². The maximum absolute atomic E-state index is 5.02. The largest absolute Gasteiger partial charge is 0.324 e. The maximum Gasteiger partial charge on any atom is 0.164 e. The first-order chi connectivity index (χ1) is 23.7. The third-order valence-electron chi connectivity index (χ3n) is 8.28. The molecule has 0 fully saturated rings. The number of para-hydroxylation sites is 1. The van der Waals surface area contributed by atoms with E-state index in [0.717, 1.165) is 49.5 Å². The average Bonchev–Trinajstić information content (AvgIpc) is 3.88. The number of hydrogen-bond donors (Lipinski definition) is 2. The van der Waals surface area contributed by atoms with Gasteiger partial charge in [0.25, 0.3) is 0 Å². The van der Waals surface area contributed by atoms with Gasteiger partial charge in [-0.3, -0.25) is 0 Å². The molecule has 0 unspecified atom stereocenters. The number of nitrogens with zero attached hydrogens (tertiary/aromatic N) is 6. The second kappa shape index (κ2) is 11.6. The Bertz CT molecular complexity index is 2370. The third-order valence-corrected chi connectivity index (χ3v) is 8.81. The normalized spacial score (nSPS) is 11.5. The molecular weight excluding hydrogens is 780 g/mol. The molecule has 9 nitrogen and oxygen atoms in total. The Morgan fingerprint density at radius 2 is 0.646 bits per heavy atom. The summed E-state index contributed by atoms with van der Waals surface area (Å²) >= 11 is 1.84. The predicted octanol–water partition coefficient (Wildman–Crippen LogP) is 8.40. The summed E-state index contributed by atoms with van der Waals surface area (Å²) in [4.78, 5) is 36.8. The van der Waals surface area contributed by atoms with Crippen molar-refractivity contribution in [3.05, 3.63) is 127 Å². The van der Waals surface area contributed by atoms with Gasteiger partial charge in [-0.25, -0.2) is 29.9 Å². The number of H-pyrrole nitrogens is 2. The molecule has 5 heterocycles. The van der Waals surface area contributed by atoms with E-state index >= 15 is 0 Å². The van der Waals surface area contributed by atoms with Crippen LogP contribution in [0.3, 0.4) is 0 Å². The van der Waals surface area contributed by atoms with E-state index in [1.165, 1.54) is 0 Å². The van der Waals surface area contributed by atoms with E-state index in [9.17, 15) is 0 Å². The quantitative estimate of drug-likeness (QED) is 0.171. The summed E-state index contributed by atoms with van der Waals surface area (Å²) in [7, 11) is 0. The molecule has 231 valence electrons. The molecule has 0 aliphatic carbocycles. The Morgan fingerprint density at radius 3 is 0.938 bits per heavy atom. The summed E-state index contributed by atoms with van der Waals surface area (Å²) in [5.41, 5.74) is 6.45. The predicted molar refractivity (Wildman–Crippen MR) is 183 cm³/mol. The van der Waals surface area contributed by atoms with Crippen LogP contribution in [0, 0.1) is 0 Å². The SMILES string of the molecule is [Pt][O]c1ccccc1.c1ccc2c(c1)-c1nc-2nc2[nH]c(nc3nc(nc4[nH]c(n1)c1ccccc41)-c1ccccc1-3)c1ccccc21. The van der Waals surface area contributed by atoms with Gasteiger partial charge < -0.3 is 9.97 Å². The molecule has 5 aromatic carbocycles. The molecule has 2 aliphatic heterocycles. The summed E-state index contributed by atoms with van der Waals surface area (Å²) in [6, 6.07) is 41.9. The van der Waals surface area contributed by atoms with Crippen molar-refractivity contribution in [2.24, 2.45) is 0 Å². The van der Waals surface area contributed by atoms with Gasteiger partial charge in [-0.2, -0.15) is 0 Å². The van der Waals surface area contributed by atoms with Crippen LogP contribution < -0.4 is 3.39 Å². The van der Waals surface area contributed by atoms with Gasteiger partial charge in [0, 0.05) is 43.8 Å². The average molecular weight is 803 g/mol. The molecule has 0 spiro atoms. The van der Waals surface area contributed by atoms with Gasteiger partial charge in [0.15, 0.2) is 23.3 Å². The minimum Gasteiger partial charge on any atom is -0.324 e. The van der Waals surface area contributed by atoms with Gasteiger partial charge in [0.2, 0.25) is 0 Å². The summed E-state index contributed by atoms with van der Waals surface area (Å²) in [6.45, 7) is 0. The van der Waals surface area contributed by atoms with Crippen LogP contribution in [0.15, 0.2) is 127 Å². The van der Waals surface area contributed by atoms with E-state index in [0.29, 0.717) is 45.9 Å². The second-order valence-electron chi connectivity index (χ2n) is 11.2. The monoisotopic (exact) mass is 802 g/mol. The summed E-state index contributed by atoms with van der Waals surface area (Å²) in [5.74, 6) is 3.29. The molecule has 10 heteroatoms. The summed E-state index contributed by atoms with van der Waals surface area (Å²) < 4.78 is 4.89. The van der Waals surface area contributed by atoms with Gasteiger partial charge in [-0.1, -0.05) is 97.1 Å². The fraction of sp³-hybridized carbons (Fsp3) is 0. The molecule has 0 radical (unpaired) electrons. The number of hydrogen-bond acceptors (Lipinski definition) is 7. The number of benzene rings is 5. The Balaban J connectivity index is 0.000000347. The van der Waals surface area contributed by atoms with Crippen molar-refractivity contribution in [2.45, 2.75) is 0 Å². The number of aromatic amines is 2. The molecule has 2 N–H and O–H groups in total. The van der Waals surface area contributed by atoms with Crippen molar-refractivity contribution in [2.75, 3.05) is 0 Å². The molecule has 0 saturated carbocycles. The molecule has 2 aliphatic rings. The molecule has 8 aromatic rings. The number of fused-ring (bicyclic) bond motifs is 20. The van der Waals surface area contributed by atoms with E-state index in [-0.39, 0.29) is 0 Å². The number of aromatic nitrogens is 8. The maximum atomic E-state index is 5.02. The smallest absolute Gasteiger partial charge is 0.164 e. The van der Waals surface area contributed by atoms with Gasteiger partial charge in [0.1, 0.15) is 22.6 Å². The fourth-order valence-corrected chi connectivity index (χ4v) is 6.36. The molecule has 10 rings (SSSR count). The molecular formula is C38H23N8OPt. The van der Waals surface area contributed by atoms with Crippen LogP contribution in [0.2, 0.25) is 0 Å².